The van der Waals surface area contributed by atoms with Crippen LogP contribution in [0.1, 0.15) is 31.4 Å². The Morgan fingerprint density at radius 2 is 2.00 bits per heavy atom. The van der Waals surface area contributed by atoms with Crippen LogP contribution in [0, 0.1) is 0 Å². The molecule has 0 radical (unpaired) electrons. The first-order valence-corrected chi connectivity index (χ1v) is 6.68. The van der Waals surface area contributed by atoms with Crippen LogP contribution in [-0.4, -0.2) is 23.2 Å². The minimum Gasteiger partial charge on any atom is -0.396 e. The smallest absolute Gasteiger partial charge is 0.255 e. The van der Waals surface area contributed by atoms with E-state index in [9.17, 15) is 4.79 Å². The molecular formula is C15H20N2O2. The molecule has 0 saturated carbocycles. The Morgan fingerprint density at radius 1 is 1.26 bits per heavy atom. The molecule has 0 bridgehead atoms. The van der Waals surface area contributed by atoms with Gasteiger partial charge >= 0.3 is 0 Å². The molecule has 0 fully saturated rings. The summed E-state index contributed by atoms with van der Waals surface area (Å²) in [6.07, 6.45) is 3.54. The highest BCUT2D eigenvalue weighted by atomic mass is 16.2. The molecule has 1 atom stereocenters. The van der Waals surface area contributed by atoms with Crippen molar-refractivity contribution in [3.05, 3.63) is 46.4 Å². The van der Waals surface area contributed by atoms with Crippen LogP contribution in [0.25, 0.3) is 10.8 Å². The summed E-state index contributed by atoms with van der Waals surface area (Å²) in [5.41, 5.74) is 1.05. The maximum Gasteiger partial charge on any atom is 0.255 e. The number of unbranched alkanes of at least 4 members (excludes halogenated alkanes) is 1. The fraction of sp³-hybridized carbons (Fsp3) is 0.400. The standard InChI is InChI=1S/C15H20N2O2/c1-11(16-8-4-5-9-18)14-10-17-15(19)13-7-3-2-6-12(13)14/h2-3,6-7,10-11,16,18H,4-5,8-9H2,1H3,(H,17,19). The maximum atomic E-state index is 11.7. The summed E-state index contributed by atoms with van der Waals surface area (Å²) < 4.78 is 0. The Labute approximate surface area is 112 Å². The molecule has 0 aliphatic heterocycles. The number of hydrogen-bond donors (Lipinski definition) is 3. The Bertz CT molecular complexity index is 592. The van der Waals surface area contributed by atoms with Crippen LogP contribution in [0.2, 0.25) is 0 Å². The Hall–Kier alpha value is -1.65. The van der Waals surface area contributed by atoms with E-state index in [0.717, 1.165) is 35.7 Å². The Morgan fingerprint density at radius 3 is 2.74 bits per heavy atom. The fourth-order valence-electron chi connectivity index (χ4n) is 2.26. The van der Waals surface area contributed by atoms with Gasteiger partial charge in [0.15, 0.2) is 0 Å². The molecule has 19 heavy (non-hydrogen) atoms. The molecule has 102 valence electrons. The molecule has 1 aromatic carbocycles. The Kier molecular flexibility index (Phi) is 4.71. The van der Waals surface area contributed by atoms with Crippen LogP contribution in [0.5, 0.6) is 0 Å². The lowest BCUT2D eigenvalue weighted by atomic mass is 10.0. The number of pyridine rings is 1. The van der Waals surface area contributed by atoms with Gasteiger partial charge in [0.05, 0.1) is 0 Å². The summed E-state index contributed by atoms with van der Waals surface area (Å²) in [5.74, 6) is 0. The normalized spacial score (nSPS) is 12.7. The summed E-state index contributed by atoms with van der Waals surface area (Å²) in [5, 5.41) is 13.9. The first-order valence-electron chi connectivity index (χ1n) is 6.68. The third-order valence-electron chi connectivity index (χ3n) is 3.34. The molecule has 0 aliphatic rings. The van der Waals surface area contributed by atoms with Gasteiger partial charge in [-0.3, -0.25) is 4.79 Å². The second kappa shape index (κ2) is 6.50. The SMILES string of the molecule is CC(NCCCCO)c1c[nH]c(=O)c2ccccc12. The van der Waals surface area contributed by atoms with Crippen molar-refractivity contribution in [1.82, 2.24) is 10.3 Å². The average Bonchev–Trinajstić information content (AvgIpc) is 2.44. The van der Waals surface area contributed by atoms with E-state index in [2.05, 4.69) is 17.2 Å². The lowest BCUT2D eigenvalue weighted by Gasteiger charge is -2.16. The monoisotopic (exact) mass is 260 g/mol. The predicted molar refractivity (Wildman–Crippen MR) is 77.3 cm³/mol. The molecule has 1 unspecified atom stereocenters. The largest absolute Gasteiger partial charge is 0.396 e. The first kappa shape index (κ1) is 13.8. The van der Waals surface area contributed by atoms with E-state index in [-0.39, 0.29) is 18.2 Å². The molecule has 0 aliphatic carbocycles. The topological polar surface area (TPSA) is 65.1 Å². The van der Waals surface area contributed by atoms with E-state index in [1.807, 2.05) is 24.3 Å². The first-order chi connectivity index (χ1) is 9.24. The highest BCUT2D eigenvalue weighted by Crippen LogP contribution is 2.20. The predicted octanol–water partition coefficient (Wildman–Crippen LogP) is 1.95. The minimum absolute atomic E-state index is 0.0492. The van der Waals surface area contributed by atoms with Gasteiger partial charge in [0, 0.05) is 24.2 Å². The van der Waals surface area contributed by atoms with Crippen molar-refractivity contribution >= 4 is 10.8 Å². The van der Waals surface area contributed by atoms with Crippen LogP contribution < -0.4 is 10.9 Å². The van der Waals surface area contributed by atoms with Crippen molar-refractivity contribution < 1.29 is 5.11 Å². The van der Waals surface area contributed by atoms with Gasteiger partial charge in [0.25, 0.3) is 5.56 Å². The number of benzene rings is 1. The lowest BCUT2D eigenvalue weighted by molar-refractivity contribution is 0.283. The molecule has 0 amide bonds. The van der Waals surface area contributed by atoms with Gasteiger partial charge in [0.1, 0.15) is 0 Å². The molecule has 2 aromatic rings. The molecule has 0 spiro atoms. The molecule has 0 saturated heterocycles. The zero-order chi connectivity index (χ0) is 13.7. The molecule has 4 heteroatoms. The number of aliphatic hydroxyl groups excluding tert-OH is 1. The van der Waals surface area contributed by atoms with Crippen LogP contribution in [0.4, 0.5) is 0 Å². The van der Waals surface area contributed by atoms with Crippen molar-refractivity contribution in [2.75, 3.05) is 13.2 Å². The van der Waals surface area contributed by atoms with Crippen molar-refractivity contribution in [2.45, 2.75) is 25.8 Å². The third kappa shape index (κ3) is 3.22. The van der Waals surface area contributed by atoms with Crippen LogP contribution in [0.15, 0.2) is 35.3 Å². The highest BCUT2D eigenvalue weighted by molar-refractivity contribution is 5.84. The number of nitrogens with one attached hydrogen (secondary N) is 2. The number of H-pyrrole nitrogens is 1. The van der Waals surface area contributed by atoms with E-state index >= 15 is 0 Å². The minimum atomic E-state index is -0.0492. The number of fused-ring (bicyclic) bond motifs is 1. The summed E-state index contributed by atoms with van der Waals surface area (Å²) in [6.45, 7) is 3.17. The molecular weight excluding hydrogens is 240 g/mol. The molecule has 2 rings (SSSR count). The average molecular weight is 260 g/mol. The van der Waals surface area contributed by atoms with Crippen molar-refractivity contribution in [3.8, 4) is 0 Å². The van der Waals surface area contributed by atoms with Crippen molar-refractivity contribution in [2.24, 2.45) is 0 Å². The zero-order valence-electron chi connectivity index (χ0n) is 11.1. The van der Waals surface area contributed by atoms with E-state index in [4.69, 9.17) is 5.11 Å². The van der Waals surface area contributed by atoms with Gasteiger partial charge in [0.2, 0.25) is 0 Å². The number of rotatable bonds is 6. The highest BCUT2D eigenvalue weighted by Gasteiger charge is 2.10. The van der Waals surface area contributed by atoms with Crippen molar-refractivity contribution in [1.29, 1.82) is 0 Å². The van der Waals surface area contributed by atoms with Gasteiger partial charge in [-0.1, -0.05) is 18.2 Å². The third-order valence-corrected chi connectivity index (χ3v) is 3.34. The molecule has 3 N–H and O–H groups in total. The van der Waals surface area contributed by atoms with Crippen LogP contribution in [-0.2, 0) is 0 Å². The van der Waals surface area contributed by atoms with Crippen LogP contribution in [0.3, 0.4) is 0 Å². The van der Waals surface area contributed by atoms with E-state index in [1.165, 1.54) is 0 Å². The second-order valence-electron chi connectivity index (χ2n) is 4.73. The summed E-state index contributed by atoms with van der Waals surface area (Å²) in [7, 11) is 0. The summed E-state index contributed by atoms with van der Waals surface area (Å²) in [6, 6.07) is 7.81. The van der Waals surface area contributed by atoms with E-state index in [1.54, 1.807) is 6.20 Å². The quantitative estimate of drug-likeness (QED) is 0.696. The fourth-order valence-corrected chi connectivity index (χ4v) is 2.26. The van der Waals surface area contributed by atoms with Gasteiger partial charge in [-0.05, 0) is 43.3 Å². The van der Waals surface area contributed by atoms with E-state index < -0.39 is 0 Å². The zero-order valence-corrected chi connectivity index (χ0v) is 11.1. The number of aliphatic hydroxyl groups is 1. The Balaban J connectivity index is 2.20. The number of aromatic amines is 1. The van der Waals surface area contributed by atoms with Gasteiger partial charge in [-0.2, -0.15) is 0 Å². The van der Waals surface area contributed by atoms with Crippen LogP contribution >= 0.6 is 0 Å². The molecule has 1 aromatic heterocycles. The van der Waals surface area contributed by atoms with Crippen molar-refractivity contribution in [3.63, 3.8) is 0 Å². The van der Waals surface area contributed by atoms with E-state index in [0.29, 0.717) is 0 Å². The molecule has 1 heterocycles. The number of aromatic nitrogens is 1. The maximum absolute atomic E-state index is 11.7. The van der Waals surface area contributed by atoms with Gasteiger partial charge < -0.3 is 15.4 Å². The summed E-state index contributed by atoms with van der Waals surface area (Å²) >= 11 is 0. The molecule has 4 nitrogen and oxygen atoms in total. The number of hydrogen-bond acceptors (Lipinski definition) is 3. The lowest BCUT2D eigenvalue weighted by Crippen LogP contribution is -2.21. The van der Waals surface area contributed by atoms with Gasteiger partial charge in [-0.25, -0.2) is 0 Å². The summed E-state index contributed by atoms with van der Waals surface area (Å²) in [4.78, 5) is 14.5. The second-order valence-corrected chi connectivity index (χ2v) is 4.73. The van der Waals surface area contributed by atoms with Gasteiger partial charge in [-0.15, -0.1) is 0 Å².